The standard InChI is InChI=1S/C30H34N4O3S/c1-20-10-11-21(2)25(16-20)28-27(29(36)37-18-23-8-6-5-7-9-23)22(3)31-30-34(28)24(19-38-30)17-26(35)33-14-12-32(4)13-15-33/h5-11,16,19,28H,12-15,17-18H2,1-4H3. The van der Waals surface area contributed by atoms with Crippen LogP contribution >= 0.6 is 11.8 Å². The summed E-state index contributed by atoms with van der Waals surface area (Å²) < 4.78 is 5.83. The van der Waals surface area contributed by atoms with E-state index in [1.54, 1.807) is 0 Å². The third-order valence-electron chi connectivity index (χ3n) is 7.35. The Morgan fingerprint density at radius 2 is 1.76 bits per heavy atom. The van der Waals surface area contributed by atoms with Gasteiger partial charge in [-0.25, -0.2) is 9.79 Å². The van der Waals surface area contributed by atoms with Crippen LogP contribution in [0, 0.1) is 13.8 Å². The number of aliphatic imine (C=N–C) groups is 1. The zero-order valence-electron chi connectivity index (χ0n) is 22.4. The molecule has 0 aromatic heterocycles. The average Bonchev–Trinajstić information content (AvgIpc) is 3.30. The monoisotopic (exact) mass is 530 g/mol. The van der Waals surface area contributed by atoms with Crippen molar-refractivity contribution in [1.82, 2.24) is 14.7 Å². The minimum atomic E-state index is -0.424. The number of ether oxygens (including phenoxy) is 1. The molecule has 3 aliphatic rings. The SMILES string of the molecule is CC1=C(C(=O)OCc2ccccc2)C(c2cc(C)ccc2C)N2C(CC(=O)N3CCN(C)CC3)=CSC2=N1. The number of thioether (sulfide) groups is 1. The van der Waals surface area contributed by atoms with Crippen LogP contribution in [0.5, 0.6) is 0 Å². The van der Waals surface area contributed by atoms with Gasteiger partial charge in [-0.05, 0) is 49.9 Å². The first kappa shape index (κ1) is 26.3. The summed E-state index contributed by atoms with van der Waals surface area (Å²) in [6.45, 7) is 9.38. The fraction of sp³-hybridized carbons (Fsp3) is 0.367. The van der Waals surface area contributed by atoms with Gasteiger partial charge in [0.2, 0.25) is 5.91 Å². The second-order valence-electron chi connectivity index (χ2n) is 10.2. The molecule has 0 spiro atoms. The second-order valence-corrected chi connectivity index (χ2v) is 11.0. The van der Waals surface area contributed by atoms with Crippen molar-refractivity contribution < 1.29 is 14.3 Å². The Kier molecular flexibility index (Phi) is 7.72. The number of amides is 1. The Morgan fingerprint density at radius 3 is 2.50 bits per heavy atom. The molecule has 0 N–H and O–H groups in total. The number of hydrogen-bond donors (Lipinski definition) is 0. The molecule has 198 valence electrons. The number of benzene rings is 2. The van der Waals surface area contributed by atoms with Crippen LogP contribution in [-0.4, -0.2) is 65.0 Å². The molecule has 1 unspecified atom stereocenters. The summed E-state index contributed by atoms with van der Waals surface area (Å²) in [6.07, 6.45) is 0.266. The van der Waals surface area contributed by atoms with E-state index in [0.717, 1.165) is 59.3 Å². The smallest absolute Gasteiger partial charge is 0.338 e. The van der Waals surface area contributed by atoms with E-state index < -0.39 is 6.04 Å². The molecular weight excluding hydrogens is 496 g/mol. The number of rotatable bonds is 6. The topological polar surface area (TPSA) is 65.5 Å². The van der Waals surface area contributed by atoms with Gasteiger partial charge in [0.15, 0.2) is 5.17 Å². The first-order chi connectivity index (χ1) is 18.3. The Bertz CT molecular complexity index is 1330. The number of carbonyl (C=O) groups is 2. The van der Waals surface area contributed by atoms with Crippen LogP contribution in [0.4, 0.5) is 0 Å². The molecular formula is C30H34N4O3S. The molecule has 1 saturated heterocycles. The van der Waals surface area contributed by atoms with Crippen molar-refractivity contribution in [3.63, 3.8) is 0 Å². The van der Waals surface area contributed by atoms with Crippen molar-refractivity contribution in [1.29, 1.82) is 0 Å². The van der Waals surface area contributed by atoms with E-state index in [2.05, 4.69) is 48.9 Å². The third-order valence-corrected chi connectivity index (χ3v) is 8.24. The molecule has 2 aromatic carbocycles. The highest BCUT2D eigenvalue weighted by molar-refractivity contribution is 8.16. The molecule has 3 aliphatic heterocycles. The molecule has 0 radical (unpaired) electrons. The first-order valence-electron chi connectivity index (χ1n) is 13.0. The van der Waals surface area contributed by atoms with Crippen molar-refractivity contribution in [2.75, 3.05) is 33.2 Å². The minimum Gasteiger partial charge on any atom is -0.457 e. The van der Waals surface area contributed by atoms with Crippen molar-refractivity contribution in [3.05, 3.63) is 93.2 Å². The van der Waals surface area contributed by atoms with Crippen LogP contribution in [0.15, 0.2) is 75.9 Å². The van der Waals surface area contributed by atoms with Gasteiger partial charge in [-0.15, -0.1) is 0 Å². The lowest BCUT2D eigenvalue weighted by molar-refractivity contribution is -0.141. The van der Waals surface area contributed by atoms with Gasteiger partial charge in [-0.2, -0.15) is 0 Å². The van der Waals surface area contributed by atoms with Gasteiger partial charge < -0.3 is 19.4 Å². The van der Waals surface area contributed by atoms with Gasteiger partial charge >= 0.3 is 5.97 Å². The predicted molar refractivity (Wildman–Crippen MR) is 151 cm³/mol. The molecule has 0 bridgehead atoms. The van der Waals surface area contributed by atoms with Crippen LogP contribution < -0.4 is 0 Å². The van der Waals surface area contributed by atoms with Crippen molar-refractivity contribution in [2.45, 2.75) is 39.8 Å². The summed E-state index contributed by atoms with van der Waals surface area (Å²) >= 11 is 1.51. The third kappa shape index (κ3) is 5.42. The van der Waals surface area contributed by atoms with Crippen LogP contribution in [0.2, 0.25) is 0 Å². The van der Waals surface area contributed by atoms with E-state index in [1.165, 1.54) is 11.8 Å². The molecule has 1 amide bonds. The van der Waals surface area contributed by atoms with Gasteiger partial charge in [0.25, 0.3) is 0 Å². The number of esters is 1. The van der Waals surface area contributed by atoms with E-state index in [4.69, 9.17) is 9.73 Å². The first-order valence-corrected chi connectivity index (χ1v) is 13.9. The lowest BCUT2D eigenvalue weighted by atomic mass is 9.90. The van der Waals surface area contributed by atoms with Crippen LogP contribution in [-0.2, 0) is 20.9 Å². The molecule has 8 heteroatoms. The van der Waals surface area contributed by atoms with Gasteiger partial charge in [0.05, 0.1) is 23.7 Å². The zero-order valence-corrected chi connectivity index (χ0v) is 23.3. The van der Waals surface area contributed by atoms with Crippen LogP contribution in [0.3, 0.4) is 0 Å². The van der Waals surface area contributed by atoms with E-state index in [0.29, 0.717) is 11.3 Å². The van der Waals surface area contributed by atoms with Gasteiger partial charge in [0, 0.05) is 31.9 Å². The molecule has 3 heterocycles. The summed E-state index contributed by atoms with van der Waals surface area (Å²) in [5, 5.41) is 2.80. The van der Waals surface area contributed by atoms with Crippen molar-refractivity contribution >= 4 is 28.8 Å². The summed E-state index contributed by atoms with van der Waals surface area (Å²) in [4.78, 5) is 38.1. The van der Waals surface area contributed by atoms with Crippen LogP contribution in [0.1, 0.15) is 41.6 Å². The second kappa shape index (κ2) is 11.2. The zero-order chi connectivity index (χ0) is 26.8. The number of carbonyl (C=O) groups excluding carboxylic acids is 2. The number of fused-ring (bicyclic) bond motifs is 1. The maximum atomic E-state index is 13.7. The summed E-state index contributed by atoms with van der Waals surface area (Å²) in [7, 11) is 2.08. The fourth-order valence-corrected chi connectivity index (χ4v) is 6.07. The number of nitrogens with zero attached hydrogens (tertiary/aromatic N) is 4. The fourth-order valence-electron chi connectivity index (χ4n) is 5.10. The normalized spacial score (nSPS) is 19.7. The Labute approximate surface area is 228 Å². The Morgan fingerprint density at radius 1 is 1.03 bits per heavy atom. The Hall–Kier alpha value is -3.36. The lowest BCUT2D eigenvalue weighted by Gasteiger charge is -2.38. The minimum absolute atomic E-state index is 0.102. The molecule has 1 fully saturated rings. The highest BCUT2D eigenvalue weighted by Crippen LogP contribution is 2.46. The van der Waals surface area contributed by atoms with Crippen molar-refractivity contribution in [2.24, 2.45) is 4.99 Å². The number of likely N-dealkylation sites (N-methyl/N-ethyl adjacent to an activating group) is 1. The number of aryl methyl sites for hydroxylation is 2. The summed E-state index contributed by atoms with van der Waals surface area (Å²) in [5.74, 6) is -0.285. The summed E-state index contributed by atoms with van der Waals surface area (Å²) in [5.41, 5.74) is 6.15. The molecule has 7 nitrogen and oxygen atoms in total. The molecule has 1 atom stereocenters. The van der Waals surface area contributed by atoms with Crippen molar-refractivity contribution in [3.8, 4) is 0 Å². The van der Waals surface area contributed by atoms with Gasteiger partial charge in [-0.3, -0.25) is 4.79 Å². The largest absolute Gasteiger partial charge is 0.457 e. The maximum Gasteiger partial charge on any atom is 0.338 e. The average molecular weight is 531 g/mol. The Balaban J connectivity index is 1.47. The van der Waals surface area contributed by atoms with E-state index in [1.807, 2.05) is 47.6 Å². The molecule has 38 heavy (non-hydrogen) atoms. The van der Waals surface area contributed by atoms with Gasteiger partial charge in [-0.1, -0.05) is 65.9 Å². The highest BCUT2D eigenvalue weighted by atomic mass is 32.2. The predicted octanol–water partition coefficient (Wildman–Crippen LogP) is 4.79. The van der Waals surface area contributed by atoms with Crippen LogP contribution in [0.25, 0.3) is 0 Å². The number of amidine groups is 1. The van der Waals surface area contributed by atoms with Gasteiger partial charge in [0.1, 0.15) is 6.61 Å². The number of hydrogen-bond acceptors (Lipinski definition) is 7. The van der Waals surface area contributed by atoms with E-state index >= 15 is 0 Å². The van der Waals surface area contributed by atoms with E-state index in [9.17, 15) is 9.59 Å². The maximum absolute atomic E-state index is 13.7. The molecule has 0 aliphatic carbocycles. The molecule has 2 aromatic rings. The number of piperazine rings is 1. The highest BCUT2D eigenvalue weighted by Gasteiger charge is 2.42. The molecule has 5 rings (SSSR count). The lowest BCUT2D eigenvalue weighted by Crippen LogP contribution is -2.47. The van der Waals surface area contributed by atoms with E-state index in [-0.39, 0.29) is 24.9 Å². The number of allylic oxidation sites excluding steroid dienone is 1. The molecule has 0 saturated carbocycles. The quantitative estimate of drug-likeness (QED) is 0.501. The summed E-state index contributed by atoms with van der Waals surface area (Å²) in [6, 6.07) is 15.5.